The van der Waals surface area contributed by atoms with E-state index in [0.717, 1.165) is 18.0 Å². The molecule has 2 rings (SSSR count). The zero-order valence-corrected chi connectivity index (χ0v) is 10.4. The number of ether oxygens (including phenoxy) is 1. The van der Waals surface area contributed by atoms with Gasteiger partial charge in [0.15, 0.2) is 0 Å². The van der Waals surface area contributed by atoms with Gasteiger partial charge in [-0.1, -0.05) is 13.0 Å². The highest BCUT2D eigenvalue weighted by atomic mass is 16.5. The van der Waals surface area contributed by atoms with Gasteiger partial charge in [0, 0.05) is 11.7 Å². The van der Waals surface area contributed by atoms with Crippen molar-refractivity contribution < 1.29 is 9.53 Å². The Bertz CT molecular complexity index is 399. The van der Waals surface area contributed by atoms with Gasteiger partial charge in [0.25, 0.3) is 0 Å². The Kier molecular flexibility index (Phi) is 3.67. The lowest BCUT2D eigenvalue weighted by molar-refractivity contribution is 0.0601. The fraction of sp³-hybridized carbons (Fsp3) is 0.500. The molecule has 1 aromatic carbocycles. The lowest BCUT2D eigenvalue weighted by atomic mass is 10.1. The molecule has 0 radical (unpaired) electrons. The molecule has 3 heteroatoms. The van der Waals surface area contributed by atoms with E-state index < -0.39 is 0 Å². The van der Waals surface area contributed by atoms with Crippen molar-refractivity contribution in [1.82, 2.24) is 0 Å². The fourth-order valence-electron chi connectivity index (χ4n) is 2.12. The van der Waals surface area contributed by atoms with Crippen molar-refractivity contribution in [3.05, 3.63) is 29.8 Å². The van der Waals surface area contributed by atoms with Crippen LogP contribution in [0.1, 0.15) is 36.5 Å². The van der Waals surface area contributed by atoms with Gasteiger partial charge in [-0.15, -0.1) is 0 Å². The zero-order chi connectivity index (χ0) is 12.3. The maximum absolute atomic E-state index is 11.4. The summed E-state index contributed by atoms with van der Waals surface area (Å²) in [5, 5.41) is 3.50. The maximum atomic E-state index is 11.4. The topological polar surface area (TPSA) is 38.3 Å². The molecule has 1 aliphatic carbocycles. The van der Waals surface area contributed by atoms with Crippen molar-refractivity contribution in [2.45, 2.75) is 32.2 Å². The van der Waals surface area contributed by atoms with E-state index >= 15 is 0 Å². The second kappa shape index (κ2) is 5.21. The first kappa shape index (κ1) is 12.0. The van der Waals surface area contributed by atoms with E-state index in [0.29, 0.717) is 11.6 Å². The summed E-state index contributed by atoms with van der Waals surface area (Å²) < 4.78 is 4.72. The third kappa shape index (κ3) is 2.99. The van der Waals surface area contributed by atoms with Crippen molar-refractivity contribution in [3.8, 4) is 0 Å². The maximum Gasteiger partial charge on any atom is 0.337 e. The Morgan fingerprint density at radius 1 is 1.53 bits per heavy atom. The van der Waals surface area contributed by atoms with Gasteiger partial charge in [-0.05, 0) is 43.4 Å². The molecule has 0 bridgehead atoms. The predicted octanol–water partition coefficient (Wildman–Crippen LogP) is 3.07. The van der Waals surface area contributed by atoms with Gasteiger partial charge in [-0.25, -0.2) is 4.79 Å². The van der Waals surface area contributed by atoms with Crippen molar-refractivity contribution in [1.29, 1.82) is 0 Å². The smallest absolute Gasteiger partial charge is 0.337 e. The van der Waals surface area contributed by atoms with Crippen LogP contribution >= 0.6 is 0 Å². The second-order valence-corrected chi connectivity index (χ2v) is 4.57. The van der Waals surface area contributed by atoms with Crippen LogP contribution in [0, 0.1) is 5.92 Å². The molecule has 0 aliphatic heterocycles. The number of carbonyl (C=O) groups excluding carboxylic acids is 1. The largest absolute Gasteiger partial charge is 0.465 e. The molecule has 1 aromatic rings. The lowest BCUT2D eigenvalue weighted by Crippen LogP contribution is -2.20. The highest BCUT2D eigenvalue weighted by Crippen LogP contribution is 2.35. The van der Waals surface area contributed by atoms with Crippen molar-refractivity contribution in [3.63, 3.8) is 0 Å². The highest BCUT2D eigenvalue weighted by Gasteiger charge is 2.29. The normalized spacial score (nSPS) is 16.4. The Morgan fingerprint density at radius 2 is 2.29 bits per heavy atom. The average Bonchev–Trinajstić information content (AvgIpc) is 3.19. The number of anilines is 1. The zero-order valence-electron chi connectivity index (χ0n) is 10.4. The average molecular weight is 233 g/mol. The van der Waals surface area contributed by atoms with Gasteiger partial charge in [0.05, 0.1) is 12.7 Å². The van der Waals surface area contributed by atoms with E-state index in [1.807, 2.05) is 18.2 Å². The summed E-state index contributed by atoms with van der Waals surface area (Å²) in [6.45, 7) is 2.19. The van der Waals surface area contributed by atoms with Crippen LogP contribution < -0.4 is 5.32 Å². The van der Waals surface area contributed by atoms with E-state index in [2.05, 4.69) is 12.2 Å². The molecule has 0 saturated heterocycles. The second-order valence-electron chi connectivity index (χ2n) is 4.57. The van der Waals surface area contributed by atoms with Crippen LogP contribution in [-0.2, 0) is 4.74 Å². The molecule has 0 aromatic heterocycles. The third-order valence-electron chi connectivity index (χ3n) is 3.27. The van der Waals surface area contributed by atoms with Crippen LogP contribution in [0.4, 0.5) is 5.69 Å². The number of rotatable bonds is 5. The van der Waals surface area contributed by atoms with Crippen LogP contribution in [-0.4, -0.2) is 19.1 Å². The van der Waals surface area contributed by atoms with E-state index in [9.17, 15) is 4.79 Å². The first-order valence-corrected chi connectivity index (χ1v) is 6.19. The summed E-state index contributed by atoms with van der Waals surface area (Å²) in [5.41, 5.74) is 1.61. The monoisotopic (exact) mass is 233 g/mol. The number of carbonyl (C=O) groups is 1. The number of benzene rings is 1. The van der Waals surface area contributed by atoms with Gasteiger partial charge in [0.1, 0.15) is 0 Å². The third-order valence-corrected chi connectivity index (χ3v) is 3.27. The van der Waals surface area contributed by atoms with Gasteiger partial charge in [0.2, 0.25) is 0 Å². The molecule has 17 heavy (non-hydrogen) atoms. The summed E-state index contributed by atoms with van der Waals surface area (Å²) >= 11 is 0. The minimum atomic E-state index is -0.284. The summed E-state index contributed by atoms with van der Waals surface area (Å²) in [4.78, 5) is 11.4. The molecular weight excluding hydrogens is 214 g/mol. The SMILES string of the molecule is CCC(Nc1cccc(C(=O)OC)c1)C1CC1. The minimum Gasteiger partial charge on any atom is -0.465 e. The highest BCUT2D eigenvalue weighted by molar-refractivity contribution is 5.90. The van der Waals surface area contributed by atoms with E-state index in [1.165, 1.54) is 20.0 Å². The van der Waals surface area contributed by atoms with E-state index in [1.54, 1.807) is 6.07 Å². The minimum absolute atomic E-state index is 0.284. The summed E-state index contributed by atoms with van der Waals surface area (Å²) in [7, 11) is 1.40. The van der Waals surface area contributed by atoms with Crippen LogP contribution in [0.25, 0.3) is 0 Å². The van der Waals surface area contributed by atoms with E-state index in [4.69, 9.17) is 4.74 Å². The molecule has 3 nitrogen and oxygen atoms in total. The van der Waals surface area contributed by atoms with Crippen LogP contribution in [0.2, 0.25) is 0 Å². The van der Waals surface area contributed by atoms with Crippen LogP contribution in [0.15, 0.2) is 24.3 Å². The number of hydrogen-bond acceptors (Lipinski definition) is 3. The molecule has 1 atom stereocenters. The predicted molar refractivity (Wildman–Crippen MR) is 68.2 cm³/mol. The Morgan fingerprint density at radius 3 is 2.88 bits per heavy atom. The van der Waals surface area contributed by atoms with Crippen molar-refractivity contribution in [2.24, 2.45) is 5.92 Å². The Balaban J connectivity index is 2.07. The number of nitrogens with one attached hydrogen (secondary N) is 1. The molecule has 0 amide bonds. The quantitative estimate of drug-likeness (QED) is 0.794. The molecule has 1 N–H and O–H groups in total. The Labute approximate surface area is 102 Å². The van der Waals surface area contributed by atoms with Crippen molar-refractivity contribution in [2.75, 3.05) is 12.4 Å². The molecule has 1 fully saturated rings. The standard InChI is InChI=1S/C14H19NO2/c1-3-13(10-7-8-10)15-12-6-4-5-11(9-12)14(16)17-2/h4-6,9-10,13,15H,3,7-8H2,1-2H3. The van der Waals surface area contributed by atoms with Crippen molar-refractivity contribution >= 4 is 11.7 Å². The molecular formula is C14H19NO2. The molecule has 0 spiro atoms. The molecule has 92 valence electrons. The lowest BCUT2D eigenvalue weighted by Gasteiger charge is -2.17. The van der Waals surface area contributed by atoms with Crippen LogP contribution in [0.5, 0.6) is 0 Å². The summed E-state index contributed by atoms with van der Waals surface area (Å²) in [6.07, 6.45) is 3.76. The first-order chi connectivity index (χ1) is 8.24. The van der Waals surface area contributed by atoms with Gasteiger partial charge < -0.3 is 10.1 Å². The van der Waals surface area contributed by atoms with Crippen LogP contribution in [0.3, 0.4) is 0 Å². The van der Waals surface area contributed by atoms with Gasteiger partial charge in [-0.3, -0.25) is 0 Å². The number of methoxy groups -OCH3 is 1. The summed E-state index contributed by atoms with van der Waals surface area (Å²) in [6, 6.07) is 8.04. The molecule has 1 unspecified atom stereocenters. The van der Waals surface area contributed by atoms with E-state index in [-0.39, 0.29) is 5.97 Å². The molecule has 1 saturated carbocycles. The Hall–Kier alpha value is -1.51. The van der Waals surface area contributed by atoms with Gasteiger partial charge >= 0.3 is 5.97 Å². The fourth-order valence-corrected chi connectivity index (χ4v) is 2.12. The number of esters is 1. The summed E-state index contributed by atoms with van der Waals surface area (Å²) in [5.74, 6) is 0.523. The van der Waals surface area contributed by atoms with Gasteiger partial charge in [-0.2, -0.15) is 0 Å². The number of hydrogen-bond donors (Lipinski definition) is 1. The molecule has 0 heterocycles. The first-order valence-electron chi connectivity index (χ1n) is 6.19. The molecule has 1 aliphatic rings.